The lowest BCUT2D eigenvalue weighted by atomic mass is 10.1. The molecule has 3 aromatic carbocycles. The third-order valence-corrected chi connectivity index (χ3v) is 4.44. The van der Waals surface area contributed by atoms with E-state index in [1.165, 1.54) is 7.11 Å². The fourth-order valence-corrected chi connectivity index (χ4v) is 2.91. The number of para-hydroxylation sites is 3. The number of rotatable bonds is 6. The fraction of sp³-hybridized carbons (Fsp3) is 0.130. The Morgan fingerprint density at radius 3 is 2.38 bits per heavy atom. The lowest BCUT2D eigenvalue weighted by molar-refractivity contribution is 0.102. The minimum Gasteiger partial charge on any atom is -0.497 e. The minimum atomic E-state index is -0.288. The molecule has 3 aromatic rings. The fourth-order valence-electron chi connectivity index (χ4n) is 2.91. The van der Waals surface area contributed by atoms with E-state index in [2.05, 4.69) is 10.3 Å². The molecule has 0 saturated heterocycles. The van der Waals surface area contributed by atoms with Crippen molar-refractivity contribution in [1.82, 2.24) is 0 Å². The summed E-state index contributed by atoms with van der Waals surface area (Å²) in [4.78, 5) is 17.5. The van der Waals surface area contributed by atoms with Crippen LogP contribution in [0.4, 0.5) is 17.1 Å². The highest BCUT2D eigenvalue weighted by Gasteiger charge is 2.16. The maximum Gasteiger partial charge on any atom is 0.259 e. The summed E-state index contributed by atoms with van der Waals surface area (Å²) in [6.45, 7) is 1.88. The molecule has 0 aliphatic carbocycles. The highest BCUT2D eigenvalue weighted by atomic mass is 16.5. The van der Waals surface area contributed by atoms with Gasteiger partial charge in [-0.05, 0) is 37.3 Å². The molecule has 0 bridgehead atoms. The van der Waals surface area contributed by atoms with Crippen molar-refractivity contribution in [3.05, 3.63) is 77.9 Å². The van der Waals surface area contributed by atoms with Crippen LogP contribution in [0, 0.1) is 0 Å². The largest absolute Gasteiger partial charge is 0.497 e. The molecule has 0 aromatic heterocycles. The number of methoxy groups -OCH3 is 2. The zero-order chi connectivity index (χ0) is 20.8. The molecule has 0 spiro atoms. The van der Waals surface area contributed by atoms with Crippen molar-refractivity contribution in [3.8, 4) is 11.5 Å². The second-order valence-electron chi connectivity index (χ2n) is 6.32. The molecule has 29 heavy (non-hydrogen) atoms. The normalized spacial score (nSPS) is 11.1. The Morgan fingerprint density at radius 1 is 0.931 bits per heavy atom. The number of carbonyl (C=O) groups is 1. The number of benzene rings is 3. The summed E-state index contributed by atoms with van der Waals surface area (Å²) < 4.78 is 10.5. The van der Waals surface area contributed by atoms with Gasteiger partial charge in [-0.15, -0.1) is 0 Å². The van der Waals surface area contributed by atoms with Gasteiger partial charge in [0.15, 0.2) is 0 Å². The smallest absolute Gasteiger partial charge is 0.259 e. The Hall–Kier alpha value is -3.80. The van der Waals surface area contributed by atoms with E-state index in [-0.39, 0.29) is 5.91 Å². The first-order chi connectivity index (χ1) is 14.0. The van der Waals surface area contributed by atoms with Gasteiger partial charge in [-0.25, -0.2) is 0 Å². The van der Waals surface area contributed by atoms with E-state index in [0.717, 1.165) is 11.3 Å². The molecule has 3 N–H and O–H groups in total. The molecule has 0 aliphatic heterocycles. The molecule has 0 fully saturated rings. The Morgan fingerprint density at radius 2 is 1.66 bits per heavy atom. The van der Waals surface area contributed by atoms with Gasteiger partial charge in [0.05, 0.1) is 36.8 Å². The van der Waals surface area contributed by atoms with Crippen LogP contribution in [0.2, 0.25) is 0 Å². The lowest BCUT2D eigenvalue weighted by Gasteiger charge is -2.14. The molecule has 6 nitrogen and oxygen atoms in total. The molecular weight excluding hydrogens is 366 g/mol. The number of anilines is 2. The van der Waals surface area contributed by atoms with Crippen molar-refractivity contribution in [1.29, 1.82) is 0 Å². The van der Waals surface area contributed by atoms with Gasteiger partial charge in [0.1, 0.15) is 11.5 Å². The average molecular weight is 389 g/mol. The Bertz CT molecular complexity index is 1060. The van der Waals surface area contributed by atoms with Crippen molar-refractivity contribution >= 4 is 28.7 Å². The van der Waals surface area contributed by atoms with E-state index in [1.54, 1.807) is 31.4 Å². The van der Waals surface area contributed by atoms with E-state index in [1.807, 2.05) is 49.4 Å². The molecule has 0 atom stereocenters. The summed E-state index contributed by atoms with van der Waals surface area (Å²) in [5.74, 6) is 0.757. The number of aliphatic imine (C=N–C) groups is 1. The van der Waals surface area contributed by atoms with Crippen LogP contribution in [0.1, 0.15) is 22.8 Å². The Balaban J connectivity index is 1.92. The van der Waals surface area contributed by atoms with Crippen LogP contribution in [0.5, 0.6) is 11.5 Å². The molecule has 0 saturated carbocycles. The van der Waals surface area contributed by atoms with Gasteiger partial charge in [0.2, 0.25) is 0 Å². The van der Waals surface area contributed by atoms with Gasteiger partial charge in [0, 0.05) is 17.3 Å². The van der Waals surface area contributed by atoms with Crippen LogP contribution in [0.25, 0.3) is 0 Å². The highest BCUT2D eigenvalue weighted by molar-refractivity contribution is 6.12. The average Bonchev–Trinajstić information content (AvgIpc) is 2.75. The third-order valence-electron chi connectivity index (χ3n) is 4.44. The number of nitrogens with one attached hydrogen (secondary N) is 1. The monoisotopic (exact) mass is 389 g/mol. The SMILES string of the molecule is COc1ccc(C(=O)Nc2ccccc2/C(C)=N/c2ccccc2N)c(OC)c1. The molecule has 3 rings (SSSR count). The maximum absolute atomic E-state index is 12.9. The summed E-state index contributed by atoms with van der Waals surface area (Å²) in [7, 11) is 3.08. The van der Waals surface area contributed by atoms with E-state index in [9.17, 15) is 4.79 Å². The molecule has 0 aliphatic rings. The minimum absolute atomic E-state index is 0.288. The van der Waals surface area contributed by atoms with Gasteiger partial charge in [-0.1, -0.05) is 30.3 Å². The molecule has 0 radical (unpaired) electrons. The Labute approximate surface area is 170 Å². The van der Waals surface area contributed by atoms with E-state index in [4.69, 9.17) is 15.2 Å². The molecule has 0 heterocycles. The van der Waals surface area contributed by atoms with Crippen LogP contribution >= 0.6 is 0 Å². The van der Waals surface area contributed by atoms with Crippen molar-refractivity contribution in [2.45, 2.75) is 6.92 Å². The number of nitrogens with zero attached hydrogens (tertiary/aromatic N) is 1. The summed E-state index contributed by atoms with van der Waals surface area (Å²) >= 11 is 0. The van der Waals surface area contributed by atoms with Gasteiger partial charge < -0.3 is 20.5 Å². The molecule has 1 amide bonds. The van der Waals surface area contributed by atoms with E-state index >= 15 is 0 Å². The van der Waals surface area contributed by atoms with Gasteiger partial charge in [-0.3, -0.25) is 9.79 Å². The number of ether oxygens (including phenoxy) is 2. The van der Waals surface area contributed by atoms with Crippen LogP contribution in [0.3, 0.4) is 0 Å². The van der Waals surface area contributed by atoms with Gasteiger partial charge in [-0.2, -0.15) is 0 Å². The number of nitrogens with two attached hydrogens (primary N) is 1. The Kier molecular flexibility index (Phi) is 6.14. The first-order valence-corrected chi connectivity index (χ1v) is 9.06. The second-order valence-corrected chi connectivity index (χ2v) is 6.32. The number of nitrogen functional groups attached to an aromatic ring is 1. The van der Waals surface area contributed by atoms with Crippen molar-refractivity contribution in [2.24, 2.45) is 4.99 Å². The van der Waals surface area contributed by atoms with Crippen LogP contribution in [-0.4, -0.2) is 25.8 Å². The van der Waals surface area contributed by atoms with Crippen LogP contribution in [-0.2, 0) is 0 Å². The quantitative estimate of drug-likeness (QED) is 0.473. The van der Waals surface area contributed by atoms with Gasteiger partial charge in [0.25, 0.3) is 5.91 Å². The van der Waals surface area contributed by atoms with Crippen molar-refractivity contribution in [2.75, 3.05) is 25.3 Å². The van der Waals surface area contributed by atoms with E-state index in [0.29, 0.717) is 34.1 Å². The van der Waals surface area contributed by atoms with Crippen molar-refractivity contribution in [3.63, 3.8) is 0 Å². The first kappa shape index (κ1) is 19.9. The van der Waals surface area contributed by atoms with E-state index < -0.39 is 0 Å². The predicted molar refractivity (Wildman–Crippen MR) is 117 cm³/mol. The first-order valence-electron chi connectivity index (χ1n) is 9.06. The number of hydrogen-bond donors (Lipinski definition) is 2. The topological polar surface area (TPSA) is 85.9 Å². The molecule has 148 valence electrons. The predicted octanol–water partition coefficient (Wildman–Crippen LogP) is 4.68. The zero-order valence-electron chi connectivity index (χ0n) is 16.6. The number of carbonyl (C=O) groups excluding carboxylic acids is 1. The molecule has 0 unspecified atom stereocenters. The van der Waals surface area contributed by atoms with Crippen molar-refractivity contribution < 1.29 is 14.3 Å². The summed E-state index contributed by atoms with van der Waals surface area (Å²) in [5.41, 5.74) is 9.86. The zero-order valence-corrected chi connectivity index (χ0v) is 16.6. The third kappa shape index (κ3) is 4.55. The number of amides is 1. The summed E-state index contributed by atoms with van der Waals surface area (Å²) in [6, 6.07) is 19.9. The molecule has 6 heteroatoms. The van der Waals surface area contributed by atoms with Crippen LogP contribution in [0.15, 0.2) is 71.7 Å². The highest BCUT2D eigenvalue weighted by Crippen LogP contribution is 2.27. The second kappa shape index (κ2) is 8.93. The lowest BCUT2D eigenvalue weighted by Crippen LogP contribution is -2.15. The summed E-state index contributed by atoms with van der Waals surface area (Å²) in [5, 5.41) is 2.95. The standard InChI is InChI=1S/C23H23N3O3/c1-15(25-21-11-7-5-9-19(21)24)17-8-4-6-10-20(17)26-23(27)18-13-12-16(28-2)14-22(18)29-3/h4-14H,24H2,1-3H3,(H,26,27)/b25-15+. The molecular formula is C23H23N3O3. The number of hydrogen-bond acceptors (Lipinski definition) is 5. The van der Waals surface area contributed by atoms with Crippen LogP contribution < -0.4 is 20.5 Å². The van der Waals surface area contributed by atoms with Gasteiger partial charge >= 0.3 is 0 Å². The maximum atomic E-state index is 12.9. The summed E-state index contributed by atoms with van der Waals surface area (Å²) in [6.07, 6.45) is 0.